The van der Waals surface area contributed by atoms with Crippen molar-refractivity contribution in [2.45, 2.75) is 51.0 Å². The molecule has 2 aliphatic heterocycles. The van der Waals surface area contributed by atoms with E-state index in [-0.39, 0.29) is 12.2 Å². The Bertz CT molecular complexity index is 292. The molecule has 76 valence electrons. The van der Waals surface area contributed by atoms with E-state index in [1.807, 2.05) is 13.8 Å². The van der Waals surface area contributed by atoms with Gasteiger partial charge < -0.3 is 9.47 Å². The Labute approximate surface area is 83.0 Å². The summed E-state index contributed by atoms with van der Waals surface area (Å²) in [6, 6.07) is 0.606. The van der Waals surface area contributed by atoms with Crippen molar-refractivity contribution in [1.82, 2.24) is 0 Å². The number of fused-ring (bicyclic) bond motifs is 2. The van der Waals surface area contributed by atoms with Crippen LogP contribution < -0.4 is 0 Å². The van der Waals surface area contributed by atoms with Gasteiger partial charge in [0.25, 0.3) is 0 Å². The van der Waals surface area contributed by atoms with Crippen molar-refractivity contribution < 1.29 is 9.47 Å². The number of hydrogen-bond acceptors (Lipinski definition) is 4. The van der Waals surface area contributed by atoms with E-state index in [1.54, 1.807) is 0 Å². The molecule has 0 N–H and O–H groups in total. The first-order valence-electron chi connectivity index (χ1n) is 5.14. The molecule has 0 bridgehead atoms. The van der Waals surface area contributed by atoms with E-state index in [2.05, 4.69) is 9.98 Å². The lowest BCUT2D eigenvalue weighted by atomic mass is 9.87. The highest BCUT2D eigenvalue weighted by Crippen LogP contribution is 2.34. The maximum Gasteiger partial charge on any atom is 0.180 e. The lowest BCUT2D eigenvalue weighted by Crippen LogP contribution is -2.41. The van der Waals surface area contributed by atoms with Crippen LogP contribution in [0.3, 0.4) is 0 Å². The summed E-state index contributed by atoms with van der Waals surface area (Å²) in [6.45, 7) is 3.84. The van der Waals surface area contributed by atoms with Crippen LogP contribution in [0.5, 0.6) is 0 Å². The van der Waals surface area contributed by atoms with E-state index < -0.39 is 0 Å². The molecule has 14 heavy (non-hydrogen) atoms. The van der Waals surface area contributed by atoms with Crippen molar-refractivity contribution >= 4 is 11.8 Å². The summed E-state index contributed by atoms with van der Waals surface area (Å²) in [5.41, 5.74) is 0. The van der Waals surface area contributed by atoms with Crippen LogP contribution in [0.15, 0.2) is 9.98 Å². The summed E-state index contributed by atoms with van der Waals surface area (Å²) in [5, 5.41) is 0. The van der Waals surface area contributed by atoms with Gasteiger partial charge >= 0.3 is 0 Å². The Kier molecular flexibility index (Phi) is 1.60. The molecule has 0 amide bonds. The molecule has 1 saturated carbocycles. The minimum absolute atomic E-state index is 0.245. The molecule has 0 aromatic carbocycles. The van der Waals surface area contributed by atoms with Gasteiger partial charge in [0.2, 0.25) is 0 Å². The van der Waals surface area contributed by atoms with Crippen molar-refractivity contribution in [1.29, 1.82) is 0 Å². The van der Waals surface area contributed by atoms with Gasteiger partial charge in [-0.25, -0.2) is 9.98 Å². The van der Waals surface area contributed by atoms with E-state index in [1.165, 1.54) is 0 Å². The van der Waals surface area contributed by atoms with Gasteiger partial charge in [0.1, 0.15) is 12.2 Å². The Morgan fingerprint density at radius 3 is 1.79 bits per heavy atom. The molecule has 3 rings (SSSR count). The minimum atomic E-state index is 0.245. The van der Waals surface area contributed by atoms with Crippen molar-refractivity contribution in [3.63, 3.8) is 0 Å². The molecule has 0 aromatic rings. The molecule has 3 aliphatic rings. The van der Waals surface area contributed by atoms with Crippen LogP contribution in [-0.2, 0) is 9.47 Å². The van der Waals surface area contributed by atoms with Crippen LogP contribution >= 0.6 is 0 Å². The molecule has 4 unspecified atom stereocenters. The molecule has 1 fully saturated rings. The van der Waals surface area contributed by atoms with Crippen molar-refractivity contribution in [3.8, 4) is 0 Å². The van der Waals surface area contributed by atoms with E-state index in [0.29, 0.717) is 12.1 Å². The zero-order valence-corrected chi connectivity index (χ0v) is 8.43. The van der Waals surface area contributed by atoms with Gasteiger partial charge in [-0.05, 0) is 0 Å². The van der Waals surface area contributed by atoms with E-state index >= 15 is 0 Å². The molecular formula is C10H14N2O2. The van der Waals surface area contributed by atoms with Gasteiger partial charge in [-0.1, -0.05) is 0 Å². The third-order valence-electron chi connectivity index (χ3n) is 3.15. The fourth-order valence-electron chi connectivity index (χ4n) is 2.58. The predicted octanol–water partition coefficient (Wildman–Crippen LogP) is 1.15. The second kappa shape index (κ2) is 2.72. The van der Waals surface area contributed by atoms with Crippen LogP contribution in [0.2, 0.25) is 0 Å². The molecule has 1 aliphatic carbocycles. The summed E-state index contributed by atoms with van der Waals surface area (Å²) >= 11 is 0. The highest BCUT2D eigenvalue weighted by Gasteiger charge is 2.44. The standard InChI is InChI=1S/C10H14N2O2/c1-5-11-7-3-10-8(4-9(7)13-5)12-6(2)14-10/h7-10H,3-4H2,1-2H3. The molecule has 4 nitrogen and oxygen atoms in total. The van der Waals surface area contributed by atoms with E-state index in [9.17, 15) is 0 Å². The van der Waals surface area contributed by atoms with Gasteiger partial charge in [0.05, 0.1) is 12.1 Å². The van der Waals surface area contributed by atoms with Crippen LogP contribution in [0.1, 0.15) is 26.7 Å². The summed E-state index contributed by atoms with van der Waals surface area (Å²) < 4.78 is 11.3. The topological polar surface area (TPSA) is 43.2 Å². The summed E-state index contributed by atoms with van der Waals surface area (Å²) in [4.78, 5) is 8.92. The Balaban J connectivity index is 1.78. The van der Waals surface area contributed by atoms with Crippen LogP contribution in [0, 0.1) is 0 Å². The van der Waals surface area contributed by atoms with Crippen molar-refractivity contribution in [2.75, 3.05) is 0 Å². The van der Waals surface area contributed by atoms with Crippen molar-refractivity contribution in [2.24, 2.45) is 9.98 Å². The third kappa shape index (κ3) is 1.13. The largest absolute Gasteiger partial charge is 0.476 e. The van der Waals surface area contributed by atoms with Crippen LogP contribution in [-0.4, -0.2) is 36.1 Å². The number of ether oxygens (including phenoxy) is 2. The zero-order chi connectivity index (χ0) is 9.71. The summed E-state index contributed by atoms with van der Waals surface area (Å²) in [6.07, 6.45) is 2.39. The van der Waals surface area contributed by atoms with Gasteiger partial charge in [-0.15, -0.1) is 0 Å². The molecule has 4 heteroatoms. The van der Waals surface area contributed by atoms with Crippen molar-refractivity contribution in [3.05, 3.63) is 0 Å². The smallest absolute Gasteiger partial charge is 0.180 e. The second-order valence-electron chi connectivity index (χ2n) is 4.21. The molecule has 0 spiro atoms. The lowest BCUT2D eigenvalue weighted by molar-refractivity contribution is 0.0713. The molecular weight excluding hydrogens is 180 g/mol. The zero-order valence-electron chi connectivity index (χ0n) is 8.43. The Morgan fingerprint density at radius 2 is 1.36 bits per heavy atom. The Hall–Kier alpha value is -1.06. The fourth-order valence-corrected chi connectivity index (χ4v) is 2.58. The molecule has 0 saturated heterocycles. The van der Waals surface area contributed by atoms with Crippen LogP contribution in [0.25, 0.3) is 0 Å². The Morgan fingerprint density at radius 1 is 0.929 bits per heavy atom. The number of rotatable bonds is 0. The second-order valence-corrected chi connectivity index (χ2v) is 4.21. The minimum Gasteiger partial charge on any atom is -0.476 e. The van der Waals surface area contributed by atoms with Crippen LogP contribution in [0.4, 0.5) is 0 Å². The van der Waals surface area contributed by atoms with Gasteiger partial charge in [0.15, 0.2) is 11.8 Å². The highest BCUT2D eigenvalue weighted by atomic mass is 16.5. The average molecular weight is 194 g/mol. The quantitative estimate of drug-likeness (QED) is 0.580. The maximum atomic E-state index is 5.63. The average Bonchev–Trinajstić information content (AvgIpc) is 2.59. The SMILES string of the molecule is CC1=NC2CC3OC(C)=NC3CC2O1. The van der Waals surface area contributed by atoms with Gasteiger partial charge in [-0.3, -0.25) is 0 Å². The molecule has 2 heterocycles. The lowest BCUT2D eigenvalue weighted by Gasteiger charge is -2.29. The van der Waals surface area contributed by atoms with Gasteiger partial charge in [-0.2, -0.15) is 0 Å². The first-order chi connectivity index (χ1) is 6.72. The number of hydrogen-bond donors (Lipinski definition) is 0. The molecule has 4 atom stereocenters. The summed E-state index contributed by atoms with van der Waals surface area (Å²) in [7, 11) is 0. The molecule has 0 radical (unpaired) electrons. The van der Waals surface area contributed by atoms with Gasteiger partial charge in [0, 0.05) is 26.7 Å². The van der Waals surface area contributed by atoms with E-state index in [4.69, 9.17) is 9.47 Å². The first kappa shape index (κ1) is 8.26. The normalized spacial score (nSPS) is 44.4. The number of aliphatic imine (C=N–C) groups is 2. The predicted molar refractivity (Wildman–Crippen MR) is 52.8 cm³/mol. The molecule has 0 aromatic heterocycles. The summed E-state index contributed by atoms with van der Waals surface area (Å²) in [5.74, 6) is 1.64. The van der Waals surface area contributed by atoms with E-state index in [0.717, 1.165) is 24.6 Å². The highest BCUT2D eigenvalue weighted by molar-refractivity contribution is 5.76. The monoisotopic (exact) mass is 194 g/mol. The first-order valence-corrected chi connectivity index (χ1v) is 5.14. The number of nitrogens with zero attached hydrogens (tertiary/aromatic N) is 2. The maximum absolute atomic E-state index is 5.63. The third-order valence-corrected chi connectivity index (χ3v) is 3.15. The fraction of sp³-hybridized carbons (Fsp3) is 0.800.